The monoisotopic (exact) mass is 313 g/mol. The summed E-state index contributed by atoms with van der Waals surface area (Å²) in [4.78, 5) is 1.10. The van der Waals surface area contributed by atoms with Crippen LogP contribution in [0.1, 0.15) is 11.1 Å². The lowest BCUT2D eigenvalue weighted by Gasteiger charge is -2.10. The van der Waals surface area contributed by atoms with Crippen LogP contribution in [0.2, 0.25) is 0 Å². The Bertz CT molecular complexity index is 611. The van der Waals surface area contributed by atoms with Gasteiger partial charge in [-0.3, -0.25) is 0 Å². The van der Waals surface area contributed by atoms with Gasteiger partial charge in [0.2, 0.25) is 0 Å². The predicted molar refractivity (Wildman–Crippen MR) is 78.3 cm³/mol. The van der Waals surface area contributed by atoms with Gasteiger partial charge in [0, 0.05) is 16.3 Å². The third kappa shape index (κ3) is 4.90. The van der Waals surface area contributed by atoms with E-state index in [4.69, 9.17) is 5.73 Å². The van der Waals surface area contributed by atoms with Gasteiger partial charge in [0.1, 0.15) is 5.75 Å². The Balaban J connectivity index is 1.97. The van der Waals surface area contributed by atoms with Crippen LogP contribution >= 0.6 is 11.8 Å². The number of hydrogen-bond acceptors (Lipinski definition) is 3. The van der Waals surface area contributed by atoms with Crippen LogP contribution in [0.15, 0.2) is 47.4 Å². The van der Waals surface area contributed by atoms with Crippen LogP contribution in [0.3, 0.4) is 0 Å². The molecule has 0 heterocycles. The van der Waals surface area contributed by atoms with E-state index in [0.29, 0.717) is 11.4 Å². The van der Waals surface area contributed by atoms with Crippen molar-refractivity contribution in [2.45, 2.75) is 23.9 Å². The summed E-state index contributed by atoms with van der Waals surface area (Å²) in [6.45, 7) is 1.97. The van der Waals surface area contributed by atoms with Gasteiger partial charge in [0.25, 0.3) is 0 Å². The van der Waals surface area contributed by atoms with E-state index in [1.54, 1.807) is 23.9 Å². The number of aryl methyl sites for hydroxylation is 1. The second-order valence-corrected chi connectivity index (χ2v) is 5.52. The highest BCUT2D eigenvalue weighted by molar-refractivity contribution is 7.98. The van der Waals surface area contributed by atoms with Crippen molar-refractivity contribution >= 4 is 17.4 Å². The van der Waals surface area contributed by atoms with E-state index in [0.717, 1.165) is 16.0 Å². The quantitative estimate of drug-likeness (QED) is 0.652. The van der Waals surface area contributed by atoms with Crippen molar-refractivity contribution < 1.29 is 17.9 Å². The minimum Gasteiger partial charge on any atom is -0.406 e. The lowest BCUT2D eigenvalue weighted by molar-refractivity contribution is -0.274. The van der Waals surface area contributed by atoms with Gasteiger partial charge in [0.15, 0.2) is 0 Å². The molecular formula is C15H14F3NOS. The molecule has 0 unspecified atom stereocenters. The molecule has 0 aromatic heterocycles. The van der Waals surface area contributed by atoms with Crippen LogP contribution in [0.25, 0.3) is 0 Å². The third-order valence-electron chi connectivity index (χ3n) is 2.75. The highest BCUT2D eigenvalue weighted by Gasteiger charge is 2.30. The van der Waals surface area contributed by atoms with Crippen LogP contribution in [-0.4, -0.2) is 6.36 Å². The molecule has 0 saturated heterocycles. The Morgan fingerprint density at radius 3 is 2.33 bits per heavy atom. The average molecular weight is 313 g/mol. The van der Waals surface area contributed by atoms with E-state index < -0.39 is 6.36 Å². The second kappa shape index (κ2) is 6.30. The van der Waals surface area contributed by atoms with E-state index in [9.17, 15) is 13.2 Å². The third-order valence-corrected chi connectivity index (χ3v) is 4.00. The molecule has 112 valence electrons. The van der Waals surface area contributed by atoms with E-state index in [1.807, 2.05) is 25.1 Å². The van der Waals surface area contributed by atoms with Crippen molar-refractivity contribution in [3.63, 3.8) is 0 Å². The number of anilines is 1. The minimum atomic E-state index is -4.66. The normalized spacial score (nSPS) is 11.4. The van der Waals surface area contributed by atoms with Crippen molar-refractivity contribution in [2.24, 2.45) is 0 Å². The molecule has 2 aromatic carbocycles. The molecule has 2 nitrogen and oxygen atoms in total. The molecule has 0 saturated carbocycles. The summed E-state index contributed by atoms with van der Waals surface area (Å²) in [6.07, 6.45) is -4.66. The molecule has 0 amide bonds. The number of nitrogens with two attached hydrogens (primary N) is 1. The lowest BCUT2D eigenvalue weighted by atomic mass is 10.2. The summed E-state index contributed by atoms with van der Waals surface area (Å²) in [5, 5.41) is 0. The van der Waals surface area contributed by atoms with E-state index in [2.05, 4.69) is 4.74 Å². The van der Waals surface area contributed by atoms with Gasteiger partial charge in [-0.1, -0.05) is 12.1 Å². The van der Waals surface area contributed by atoms with Gasteiger partial charge < -0.3 is 10.5 Å². The molecule has 0 aliphatic rings. The van der Waals surface area contributed by atoms with E-state index in [1.165, 1.54) is 12.1 Å². The average Bonchev–Trinajstić information content (AvgIpc) is 2.38. The zero-order valence-electron chi connectivity index (χ0n) is 11.3. The Morgan fingerprint density at radius 1 is 1.10 bits per heavy atom. The maximum Gasteiger partial charge on any atom is 0.573 e. The number of halogens is 3. The number of ether oxygens (including phenoxy) is 1. The maximum atomic E-state index is 12.1. The number of alkyl halides is 3. The zero-order valence-corrected chi connectivity index (χ0v) is 12.1. The van der Waals surface area contributed by atoms with E-state index in [-0.39, 0.29) is 5.75 Å². The molecule has 0 spiro atoms. The fourth-order valence-electron chi connectivity index (χ4n) is 1.78. The highest BCUT2D eigenvalue weighted by atomic mass is 32.2. The van der Waals surface area contributed by atoms with Crippen LogP contribution in [0.4, 0.5) is 18.9 Å². The van der Waals surface area contributed by atoms with Gasteiger partial charge in [-0.25, -0.2) is 0 Å². The van der Waals surface area contributed by atoms with Crippen LogP contribution in [0, 0.1) is 6.92 Å². The number of thioether (sulfide) groups is 1. The number of benzene rings is 2. The molecule has 2 aromatic rings. The Kier molecular flexibility index (Phi) is 4.67. The molecule has 0 bridgehead atoms. The highest BCUT2D eigenvalue weighted by Crippen LogP contribution is 2.28. The molecule has 21 heavy (non-hydrogen) atoms. The lowest BCUT2D eigenvalue weighted by Crippen LogP contribution is -2.16. The summed E-state index contributed by atoms with van der Waals surface area (Å²) in [5.74, 6) is 0.455. The molecular weight excluding hydrogens is 299 g/mol. The standard InChI is InChI=1S/C15H14F3NOS/c1-10-8-12(19)4-7-14(10)21-9-11-2-5-13(6-3-11)20-15(16,17)18/h2-8H,9,19H2,1H3. The fourth-order valence-corrected chi connectivity index (χ4v) is 2.75. The topological polar surface area (TPSA) is 35.2 Å². The second-order valence-electron chi connectivity index (χ2n) is 4.51. The van der Waals surface area contributed by atoms with Gasteiger partial charge in [-0.15, -0.1) is 24.9 Å². The van der Waals surface area contributed by atoms with Crippen molar-refractivity contribution in [2.75, 3.05) is 5.73 Å². The van der Waals surface area contributed by atoms with Crippen molar-refractivity contribution in [1.29, 1.82) is 0 Å². The van der Waals surface area contributed by atoms with Gasteiger partial charge >= 0.3 is 6.36 Å². The first-order valence-electron chi connectivity index (χ1n) is 6.17. The van der Waals surface area contributed by atoms with E-state index >= 15 is 0 Å². The van der Waals surface area contributed by atoms with Gasteiger partial charge in [-0.05, 0) is 48.4 Å². The van der Waals surface area contributed by atoms with Crippen LogP contribution in [-0.2, 0) is 5.75 Å². The smallest absolute Gasteiger partial charge is 0.406 e. The first-order valence-corrected chi connectivity index (χ1v) is 7.16. The Hall–Kier alpha value is -1.82. The number of nitrogen functional groups attached to an aromatic ring is 1. The molecule has 0 aliphatic carbocycles. The molecule has 0 radical (unpaired) electrons. The first-order chi connectivity index (χ1) is 9.83. The molecule has 0 aliphatic heterocycles. The Labute approximate surface area is 125 Å². The Morgan fingerprint density at radius 2 is 1.76 bits per heavy atom. The maximum absolute atomic E-state index is 12.1. The van der Waals surface area contributed by atoms with Gasteiger partial charge in [-0.2, -0.15) is 0 Å². The number of hydrogen-bond donors (Lipinski definition) is 1. The predicted octanol–water partition coefficient (Wildman–Crippen LogP) is 4.77. The summed E-state index contributed by atoms with van der Waals surface area (Å²) >= 11 is 1.61. The largest absolute Gasteiger partial charge is 0.573 e. The summed E-state index contributed by atoms with van der Waals surface area (Å²) in [6, 6.07) is 11.6. The SMILES string of the molecule is Cc1cc(N)ccc1SCc1ccc(OC(F)(F)F)cc1. The van der Waals surface area contributed by atoms with Crippen LogP contribution < -0.4 is 10.5 Å². The summed E-state index contributed by atoms with van der Waals surface area (Å²) in [7, 11) is 0. The van der Waals surface area contributed by atoms with Crippen LogP contribution in [0.5, 0.6) is 5.75 Å². The van der Waals surface area contributed by atoms with Gasteiger partial charge in [0.05, 0.1) is 0 Å². The molecule has 6 heteroatoms. The fraction of sp³-hybridized carbons (Fsp3) is 0.200. The first kappa shape index (κ1) is 15.6. The summed E-state index contributed by atoms with van der Waals surface area (Å²) < 4.78 is 40.0. The zero-order chi connectivity index (χ0) is 15.5. The molecule has 0 atom stereocenters. The van der Waals surface area contributed by atoms with Crippen molar-refractivity contribution in [1.82, 2.24) is 0 Å². The molecule has 2 N–H and O–H groups in total. The van der Waals surface area contributed by atoms with Crippen molar-refractivity contribution in [3.8, 4) is 5.75 Å². The minimum absolute atomic E-state index is 0.208. The molecule has 0 fully saturated rings. The number of rotatable bonds is 4. The summed E-state index contributed by atoms with van der Waals surface area (Å²) in [5.41, 5.74) is 8.40. The molecule has 2 rings (SSSR count). The van der Waals surface area contributed by atoms with Crippen molar-refractivity contribution in [3.05, 3.63) is 53.6 Å².